The fraction of sp³-hybridized carbons (Fsp3) is 0.600. The summed E-state index contributed by atoms with van der Waals surface area (Å²) in [6.07, 6.45) is 0. The Labute approximate surface area is 111 Å². The highest BCUT2D eigenvalue weighted by molar-refractivity contribution is 5.45. The zero-order valence-electron chi connectivity index (χ0n) is 12.3. The van der Waals surface area contributed by atoms with Crippen LogP contribution < -0.4 is 10.2 Å². The molecule has 0 unspecified atom stereocenters. The van der Waals surface area contributed by atoms with Gasteiger partial charge in [-0.05, 0) is 38.5 Å². The lowest BCUT2D eigenvalue weighted by Gasteiger charge is -2.25. The molecule has 0 fully saturated rings. The summed E-state index contributed by atoms with van der Waals surface area (Å²) in [6.45, 7) is 8.74. The maximum atomic E-state index is 5.65. The van der Waals surface area contributed by atoms with Crippen LogP contribution in [0.5, 0.6) is 0 Å². The highest BCUT2D eigenvalue weighted by atomic mass is 16.5. The smallest absolute Gasteiger partial charge is 0.0750 e. The van der Waals surface area contributed by atoms with Gasteiger partial charge in [-0.15, -0.1) is 0 Å². The minimum Gasteiger partial charge on any atom is -0.378 e. The van der Waals surface area contributed by atoms with Crippen LogP contribution in [-0.2, 0) is 11.3 Å². The molecule has 18 heavy (non-hydrogen) atoms. The molecule has 1 aromatic rings. The average Bonchev–Trinajstić information content (AvgIpc) is 2.29. The Morgan fingerprint density at radius 1 is 1.17 bits per heavy atom. The van der Waals surface area contributed by atoms with Gasteiger partial charge in [0.2, 0.25) is 0 Å². The van der Waals surface area contributed by atoms with Gasteiger partial charge < -0.3 is 15.0 Å². The molecule has 0 aliphatic rings. The Morgan fingerprint density at radius 3 is 2.28 bits per heavy atom. The molecule has 0 radical (unpaired) electrons. The van der Waals surface area contributed by atoms with Crippen molar-refractivity contribution in [1.82, 2.24) is 5.32 Å². The summed E-state index contributed by atoms with van der Waals surface area (Å²) >= 11 is 0. The molecule has 1 rings (SSSR count). The highest BCUT2D eigenvalue weighted by Gasteiger charge is 2.16. The number of hydrogen-bond donors (Lipinski definition) is 1. The van der Waals surface area contributed by atoms with Crippen molar-refractivity contribution in [2.75, 3.05) is 32.1 Å². The van der Waals surface area contributed by atoms with Crippen LogP contribution in [0.3, 0.4) is 0 Å². The molecule has 0 aliphatic heterocycles. The first-order valence-corrected chi connectivity index (χ1v) is 6.55. The third kappa shape index (κ3) is 5.07. The van der Waals surface area contributed by atoms with Gasteiger partial charge in [0.1, 0.15) is 0 Å². The fourth-order valence-corrected chi connectivity index (χ4v) is 1.86. The topological polar surface area (TPSA) is 24.5 Å². The predicted octanol–water partition coefficient (Wildman–Crippen LogP) is 2.66. The maximum Gasteiger partial charge on any atom is 0.0750 e. The molecule has 0 amide bonds. The van der Waals surface area contributed by atoms with E-state index in [1.54, 1.807) is 0 Å². The van der Waals surface area contributed by atoms with E-state index in [9.17, 15) is 0 Å². The van der Waals surface area contributed by atoms with Crippen LogP contribution in [0, 0.1) is 0 Å². The number of ether oxygens (including phenoxy) is 1. The molecule has 1 aromatic carbocycles. The summed E-state index contributed by atoms with van der Waals surface area (Å²) < 4.78 is 5.65. The molecule has 0 spiro atoms. The van der Waals surface area contributed by atoms with Crippen LogP contribution in [0.15, 0.2) is 24.3 Å². The first-order valence-electron chi connectivity index (χ1n) is 6.55. The highest BCUT2D eigenvalue weighted by Crippen LogP contribution is 2.12. The second kappa shape index (κ2) is 6.76. The van der Waals surface area contributed by atoms with Gasteiger partial charge in [-0.1, -0.05) is 12.1 Å². The van der Waals surface area contributed by atoms with Gasteiger partial charge in [-0.25, -0.2) is 0 Å². The molecule has 0 aliphatic carbocycles. The van der Waals surface area contributed by atoms with E-state index < -0.39 is 0 Å². The minimum absolute atomic E-state index is 0.0989. The fourth-order valence-electron chi connectivity index (χ4n) is 1.86. The van der Waals surface area contributed by atoms with Gasteiger partial charge in [0.05, 0.1) is 5.60 Å². The van der Waals surface area contributed by atoms with Crippen LogP contribution >= 0.6 is 0 Å². The van der Waals surface area contributed by atoms with E-state index in [4.69, 9.17) is 4.74 Å². The summed E-state index contributed by atoms with van der Waals surface area (Å²) in [5, 5.41) is 3.44. The summed E-state index contributed by atoms with van der Waals surface area (Å²) in [5.74, 6) is 0. The summed E-state index contributed by atoms with van der Waals surface area (Å²) in [6, 6.07) is 8.61. The van der Waals surface area contributed by atoms with Gasteiger partial charge in [0, 0.05) is 39.5 Å². The van der Waals surface area contributed by atoms with Gasteiger partial charge in [-0.3, -0.25) is 0 Å². The molecular weight excluding hydrogens is 224 g/mol. The SMILES string of the molecule is CCOC(C)(C)CNCc1ccc(N(C)C)cc1. The molecule has 1 N–H and O–H groups in total. The summed E-state index contributed by atoms with van der Waals surface area (Å²) in [7, 11) is 4.11. The second-order valence-corrected chi connectivity index (χ2v) is 5.36. The Balaban J connectivity index is 2.40. The molecule has 0 aromatic heterocycles. The van der Waals surface area contributed by atoms with Crippen molar-refractivity contribution in [1.29, 1.82) is 0 Å². The molecule has 3 heteroatoms. The lowest BCUT2D eigenvalue weighted by molar-refractivity contribution is -0.00897. The summed E-state index contributed by atoms with van der Waals surface area (Å²) in [5.41, 5.74) is 2.43. The zero-order valence-corrected chi connectivity index (χ0v) is 12.3. The van der Waals surface area contributed by atoms with Crippen molar-refractivity contribution in [3.05, 3.63) is 29.8 Å². The predicted molar refractivity (Wildman–Crippen MR) is 78.2 cm³/mol. The van der Waals surface area contributed by atoms with Crippen LogP contribution in [0.4, 0.5) is 5.69 Å². The molecule has 0 atom stereocenters. The summed E-state index contributed by atoms with van der Waals surface area (Å²) in [4.78, 5) is 2.11. The number of rotatable bonds is 7. The molecule has 0 saturated carbocycles. The number of anilines is 1. The molecule has 0 saturated heterocycles. The number of benzene rings is 1. The monoisotopic (exact) mass is 250 g/mol. The van der Waals surface area contributed by atoms with Gasteiger partial charge in [-0.2, -0.15) is 0 Å². The third-order valence-corrected chi connectivity index (χ3v) is 2.87. The number of nitrogens with one attached hydrogen (secondary N) is 1. The Morgan fingerprint density at radius 2 is 1.78 bits per heavy atom. The van der Waals surface area contributed by atoms with Crippen LogP contribution in [0.2, 0.25) is 0 Å². The first-order chi connectivity index (χ1) is 8.44. The van der Waals surface area contributed by atoms with Crippen molar-refractivity contribution >= 4 is 5.69 Å². The minimum atomic E-state index is -0.0989. The average molecular weight is 250 g/mol. The number of hydrogen-bond acceptors (Lipinski definition) is 3. The molecule has 3 nitrogen and oxygen atoms in total. The lowest BCUT2D eigenvalue weighted by atomic mass is 10.1. The van der Waals surface area contributed by atoms with Crippen molar-refractivity contribution in [2.45, 2.75) is 32.9 Å². The van der Waals surface area contributed by atoms with E-state index in [-0.39, 0.29) is 5.60 Å². The largest absolute Gasteiger partial charge is 0.378 e. The Kier molecular flexibility index (Phi) is 5.63. The van der Waals surface area contributed by atoms with E-state index in [1.165, 1.54) is 11.3 Å². The standard InChI is InChI=1S/C15H26N2O/c1-6-18-15(2,3)12-16-11-13-7-9-14(10-8-13)17(4)5/h7-10,16H,6,11-12H2,1-5H3. The zero-order chi connectivity index (χ0) is 13.6. The molecule has 0 heterocycles. The maximum absolute atomic E-state index is 5.65. The first kappa shape index (κ1) is 15.0. The number of nitrogens with zero attached hydrogens (tertiary/aromatic N) is 1. The Bertz CT molecular complexity index is 344. The van der Waals surface area contributed by atoms with E-state index in [1.807, 2.05) is 6.92 Å². The molecule has 0 bridgehead atoms. The van der Waals surface area contributed by atoms with Crippen LogP contribution in [-0.4, -0.2) is 32.8 Å². The van der Waals surface area contributed by atoms with Gasteiger partial charge >= 0.3 is 0 Å². The van der Waals surface area contributed by atoms with Gasteiger partial charge in [0.25, 0.3) is 0 Å². The van der Waals surface area contributed by atoms with E-state index >= 15 is 0 Å². The van der Waals surface area contributed by atoms with Crippen molar-refractivity contribution < 1.29 is 4.74 Å². The van der Waals surface area contributed by atoms with Crippen molar-refractivity contribution in [3.8, 4) is 0 Å². The van der Waals surface area contributed by atoms with E-state index in [0.717, 1.165) is 19.7 Å². The second-order valence-electron chi connectivity index (χ2n) is 5.36. The van der Waals surface area contributed by atoms with Crippen LogP contribution in [0.1, 0.15) is 26.3 Å². The Hall–Kier alpha value is -1.06. The normalized spacial score (nSPS) is 11.6. The van der Waals surface area contributed by atoms with E-state index in [2.05, 4.69) is 62.4 Å². The van der Waals surface area contributed by atoms with E-state index in [0.29, 0.717) is 0 Å². The molecular formula is C15H26N2O. The van der Waals surface area contributed by atoms with Gasteiger partial charge in [0.15, 0.2) is 0 Å². The third-order valence-electron chi connectivity index (χ3n) is 2.87. The van der Waals surface area contributed by atoms with Crippen LogP contribution in [0.25, 0.3) is 0 Å². The molecule has 102 valence electrons. The quantitative estimate of drug-likeness (QED) is 0.805. The lowest BCUT2D eigenvalue weighted by Crippen LogP contribution is -2.37. The van der Waals surface area contributed by atoms with Crippen molar-refractivity contribution in [2.24, 2.45) is 0 Å². The van der Waals surface area contributed by atoms with Crippen molar-refractivity contribution in [3.63, 3.8) is 0 Å².